The molecule has 0 aromatic heterocycles. The summed E-state index contributed by atoms with van der Waals surface area (Å²) < 4.78 is 27.2. The number of nitrogens with one attached hydrogen (secondary N) is 1. The van der Waals surface area contributed by atoms with Crippen LogP contribution in [0.4, 0.5) is 11.4 Å². The molecule has 0 bridgehead atoms. The monoisotopic (exact) mass is 350 g/mol. The highest BCUT2D eigenvalue weighted by atomic mass is 35.5. The third-order valence-electron chi connectivity index (χ3n) is 3.63. The molecular formula is C16H15ClN2O3S. The van der Waals surface area contributed by atoms with Gasteiger partial charge in [-0.1, -0.05) is 23.7 Å². The summed E-state index contributed by atoms with van der Waals surface area (Å²) >= 11 is 5.94. The fourth-order valence-corrected chi connectivity index (χ4v) is 4.08. The van der Waals surface area contributed by atoms with Crippen LogP contribution in [-0.4, -0.2) is 20.9 Å². The smallest absolute Gasteiger partial charge is 0.263 e. The highest BCUT2D eigenvalue weighted by molar-refractivity contribution is 7.92. The first kappa shape index (κ1) is 15.8. The molecule has 5 nitrogen and oxygen atoms in total. The molecule has 23 heavy (non-hydrogen) atoms. The van der Waals surface area contributed by atoms with E-state index in [-0.39, 0.29) is 15.8 Å². The highest BCUT2D eigenvalue weighted by Crippen LogP contribution is 2.26. The van der Waals surface area contributed by atoms with Crippen LogP contribution in [0.5, 0.6) is 0 Å². The molecule has 1 N–H and O–H groups in total. The molecule has 3 rings (SSSR count). The lowest BCUT2D eigenvalue weighted by molar-refractivity contribution is -0.117. The standard InChI is InChI=1S/C16H15ClN2O3S/c17-14-4-1-2-5-15(14)23(21,22)18-12-7-9-13(10-8-12)19-11-3-6-16(19)20/h1-2,4-5,7-10,18H,3,6,11H2. The van der Waals surface area contributed by atoms with Gasteiger partial charge in [0.2, 0.25) is 5.91 Å². The number of carbonyl (C=O) groups is 1. The molecule has 0 radical (unpaired) electrons. The predicted molar refractivity (Wildman–Crippen MR) is 90.3 cm³/mol. The molecule has 1 heterocycles. The van der Waals surface area contributed by atoms with E-state index in [1.165, 1.54) is 12.1 Å². The van der Waals surface area contributed by atoms with Gasteiger partial charge in [0, 0.05) is 24.3 Å². The average molecular weight is 351 g/mol. The Morgan fingerprint density at radius 2 is 1.74 bits per heavy atom. The first-order valence-electron chi connectivity index (χ1n) is 7.15. The van der Waals surface area contributed by atoms with Gasteiger partial charge in [-0.25, -0.2) is 8.42 Å². The van der Waals surface area contributed by atoms with Crippen LogP contribution in [-0.2, 0) is 14.8 Å². The zero-order valence-corrected chi connectivity index (χ0v) is 13.8. The molecule has 1 aliphatic rings. The summed E-state index contributed by atoms with van der Waals surface area (Å²) in [6.07, 6.45) is 1.40. The zero-order chi connectivity index (χ0) is 16.4. The van der Waals surface area contributed by atoms with E-state index in [1.54, 1.807) is 41.3 Å². The minimum atomic E-state index is -3.75. The van der Waals surface area contributed by atoms with E-state index >= 15 is 0 Å². The summed E-state index contributed by atoms with van der Waals surface area (Å²) in [5.41, 5.74) is 1.19. The molecule has 7 heteroatoms. The lowest BCUT2D eigenvalue weighted by atomic mass is 10.2. The quantitative estimate of drug-likeness (QED) is 0.920. The summed E-state index contributed by atoms with van der Waals surface area (Å²) in [6, 6.07) is 13.0. The lowest BCUT2D eigenvalue weighted by Crippen LogP contribution is -2.23. The van der Waals surface area contributed by atoms with Crippen LogP contribution >= 0.6 is 11.6 Å². The van der Waals surface area contributed by atoms with Gasteiger partial charge in [0.05, 0.1) is 5.02 Å². The van der Waals surface area contributed by atoms with Gasteiger partial charge in [-0.15, -0.1) is 0 Å². The number of rotatable bonds is 4. The Kier molecular flexibility index (Phi) is 4.28. The van der Waals surface area contributed by atoms with Crippen molar-refractivity contribution in [2.75, 3.05) is 16.2 Å². The van der Waals surface area contributed by atoms with Crippen LogP contribution in [0, 0.1) is 0 Å². The van der Waals surface area contributed by atoms with Crippen LogP contribution in [0.3, 0.4) is 0 Å². The van der Waals surface area contributed by atoms with Crippen LogP contribution in [0.1, 0.15) is 12.8 Å². The third kappa shape index (κ3) is 3.33. The first-order chi connectivity index (χ1) is 11.0. The Labute approximate surface area is 139 Å². The van der Waals surface area contributed by atoms with Gasteiger partial charge < -0.3 is 4.90 Å². The van der Waals surface area contributed by atoms with Crippen molar-refractivity contribution in [3.8, 4) is 0 Å². The second-order valence-corrected chi connectivity index (χ2v) is 7.29. The van der Waals surface area contributed by atoms with Crippen LogP contribution in [0.25, 0.3) is 0 Å². The van der Waals surface area contributed by atoms with Crippen molar-refractivity contribution in [1.82, 2.24) is 0 Å². The van der Waals surface area contributed by atoms with Crippen molar-refractivity contribution >= 4 is 38.9 Å². The normalized spacial score (nSPS) is 15.0. The molecule has 120 valence electrons. The van der Waals surface area contributed by atoms with Gasteiger partial charge >= 0.3 is 0 Å². The number of carbonyl (C=O) groups excluding carboxylic acids is 1. The zero-order valence-electron chi connectivity index (χ0n) is 12.2. The van der Waals surface area contributed by atoms with Gasteiger partial charge in [-0.05, 0) is 42.8 Å². The van der Waals surface area contributed by atoms with Crippen LogP contribution < -0.4 is 9.62 Å². The number of hydrogen-bond donors (Lipinski definition) is 1. The molecular weight excluding hydrogens is 336 g/mol. The molecule has 0 spiro atoms. The van der Waals surface area contributed by atoms with Gasteiger partial charge in [0.15, 0.2) is 0 Å². The summed E-state index contributed by atoms with van der Waals surface area (Å²) in [5.74, 6) is 0.0920. The van der Waals surface area contributed by atoms with Crippen molar-refractivity contribution < 1.29 is 13.2 Å². The van der Waals surface area contributed by atoms with E-state index in [1.807, 2.05) is 0 Å². The van der Waals surface area contributed by atoms with Crippen LogP contribution in [0.15, 0.2) is 53.4 Å². The first-order valence-corrected chi connectivity index (χ1v) is 9.01. The van der Waals surface area contributed by atoms with Crippen molar-refractivity contribution in [2.24, 2.45) is 0 Å². The largest absolute Gasteiger partial charge is 0.312 e. The number of nitrogens with zero attached hydrogens (tertiary/aromatic N) is 1. The maximum absolute atomic E-state index is 12.4. The molecule has 1 saturated heterocycles. The molecule has 1 amide bonds. The molecule has 0 unspecified atom stereocenters. The van der Waals surface area contributed by atoms with Crippen molar-refractivity contribution in [3.63, 3.8) is 0 Å². The molecule has 2 aromatic rings. The summed E-state index contributed by atoms with van der Waals surface area (Å²) in [6.45, 7) is 0.698. The van der Waals surface area contributed by atoms with Crippen molar-refractivity contribution in [1.29, 1.82) is 0 Å². The molecule has 2 aromatic carbocycles. The molecule has 0 atom stereocenters. The summed E-state index contributed by atoms with van der Waals surface area (Å²) in [7, 11) is -3.75. The number of anilines is 2. The number of hydrogen-bond acceptors (Lipinski definition) is 3. The van der Waals surface area contributed by atoms with Crippen LogP contribution in [0.2, 0.25) is 5.02 Å². The van der Waals surface area contributed by atoms with E-state index in [0.717, 1.165) is 12.1 Å². The maximum atomic E-state index is 12.4. The minimum absolute atomic E-state index is 0.0282. The van der Waals surface area contributed by atoms with Gasteiger partial charge in [-0.3, -0.25) is 9.52 Å². The Morgan fingerprint density at radius 1 is 1.04 bits per heavy atom. The Morgan fingerprint density at radius 3 is 2.35 bits per heavy atom. The maximum Gasteiger partial charge on any atom is 0.263 e. The van der Waals surface area contributed by atoms with Crippen molar-refractivity contribution in [2.45, 2.75) is 17.7 Å². The van der Waals surface area contributed by atoms with E-state index in [4.69, 9.17) is 11.6 Å². The van der Waals surface area contributed by atoms with Gasteiger partial charge in [0.25, 0.3) is 10.0 Å². The molecule has 0 saturated carbocycles. The summed E-state index contributed by atoms with van der Waals surface area (Å²) in [5, 5.41) is 0.166. The van der Waals surface area contributed by atoms with E-state index in [9.17, 15) is 13.2 Å². The third-order valence-corrected chi connectivity index (χ3v) is 5.51. The van der Waals surface area contributed by atoms with Gasteiger partial charge in [-0.2, -0.15) is 0 Å². The Hall–Kier alpha value is -2.05. The lowest BCUT2D eigenvalue weighted by Gasteiger charge is -2.16. The number of amides is 1. The van der Waals surface area contributed by atoms with Crippen molar-refractivity contribution in [3.05, 3.63) is 53.6 Å². The molecule has 1 aliphatic heterocycles. The van der Waals surface area contributed by atoms with E-state index < -0.39 is 10.0 Å². The summed E-state index contributed by atoms with van der Waals surface area (Å²) in [4.78, 5) is 13.4. The molecule has 1 fully saturated rings. The number of halogens is 1. The Bertz CT molecular complexity index is 835. The highest BCUT2D eigenvalue weighted by Gasteiger charge is 2.22. The Balaban J connectivity index is 1.81. The number of sulfonamides is 1. The fourth-order valence-electron chi connectivity index (χ4n) is 2.50. The SMILES string of the molecule is O=C1CCCN1c1ccc(NS(=O)(=O)c2ccccc2Cl)cc1. The molecule has 0 aliphatic carbocycles. The minimum Gasteiger partial charge on any atom is -0.312 e. The fraction of sp³-hybridized carbons (Fsp3) is 0.188. The van der Waals surface area contributed by atoms with E-state index in [2.05, 4.69) is 4.72 Å². The van der Waals surface area contributed by atoms with Gasteiger partial charge in [0.1, 0.15) is 4.90 Å². The topological polar surface area (TPSA) is 66.5 Å². The number of benzene rings is 2. The predicted octanol–water partition coefficient (Wildman–Crippen LogP) is 3.27. The van der Waals surface area contributed by atoms with E-state index in [0.29, 0.717) is 18.7 Å². The second-order valence-electron chi connectivity index (χ2n) is 5.23. The second kappa shape index (κ2) is 6.22. The average Bonchev–Trinajstić information content (AvgIpc) is 2.94.